The first-order chi connectivity index (χ1) is 11.0. The fourth-order valence-corrected chi connectivity index (χ4v) is 2.96. The first-order valence-corrected chi connectivity index (χ1v) is 8.88. The number of anilines is 1. The molecule has 23 heavy (non-hydrogen) atoms. The number of carbonyl (C=O) groups excluding carboxylic acids is 1. The maximum Gasteiger partial charge on any atom is 0.224 e. The average Bonchev–Trinajstić information content (AvgIpc) is 2.52. The van der Waals surface area contributed by atoms with Crippen molar-refractivity contribution >= 4 is 17.3 Å². The smallest absolute Gasteiger partial charge is 0.224 e. The molecule has 3 nitrogen and oxygen atoms in total. The molecule has 0 spiro atoms. The molecule has 1 heterocycles. The second-order valence-electron chi connectivity index (χ2n) is 6.89. The molecule has 0 saturated carbocycles. The Hall–Kier alpha value is -1.77. The van der Waals surface area contributed by atoms with E-state index in [4.69, 9.17) is 0 Å². The van der Waals surface area contributed by atoms with Crippen LogP contribution in [0.25, 0.3) is 5.70 Å². The van der Waals surface area contributed by atoms with Crippen LogP contribution in [0, 0.1) is 5.92 Å². The van der Waals surface area contributed by atoms with Crippen molar-refractivity contribution in [1.82, 2.24) is 4.90 Å². The van der Waals surface area contributed by atoms with Crippen LogP contribution in [0.2, 0.25) is 0 Å². The summed E-state index contributed by atoms with van der Waals surface area (Å²) in [5.74, 6) is 0.666. The predicted molar refractivity (Wildman–Crippen MR) is 98.4 cm³/mol. The third-order valence-electron chi connectivity index (χ3n) is 4.46. The highest BCUT2D eigenvalue weighted by molar-refractivity contribution is 5.91. The van der Waals surface area contributed by atoms with Gasteiger partial charge in [-0.05, 0) is 42.9 Å². The standard InChI is InChI=1S/C20H30N2O/c1-5-6-12-22-13-11-17-14-18(8-9-19(17)16(22)4)21-20(23)10-7-15(2)3/h8-9,14-15H,4-7,10-13H2,1-3H3,(H,21,23). The van der Waals surface area contributed by atoms with E-state index < -0.39 is 0 Å². The van der Waals surface area contributed by atoms with Crippen molar-refractivity contribution in [3.8, 4) is 0 Å². The number of hydrogen-bond donors (Lipinski definition) is 1. The molecule has 1 aromatic carbocycles. The summed E-state index contributed by atoms with van der Waals surface area (Å²) in [6, 6.07) is 6.22. The Morgan fingerprint density at radius 1 is 1.39 bits per heavy atom. The molecule has 3 heteroatoms. The van der Waals surface area contributed by atoms with Crippen LogP contribution >= 0.6 is 0 Å². The number of nitrogens with one attached hydrogen (secondary N) is 1. The normalized spacial score (nSPS) is 14.1. The van der Waals surface area contributed by atoms with Crippen LogP contribution < -0.4 is 5.32 Å². The third-order valence-corrected chi connectivity index (χ3v) is 4.46. The van der Waals surface area contributed by atoms with E-state index in [-0.39, 0.29) is 5.91 Å². The maximum atomic E-state index is 12.0. The number of carbonyl (C=O) groups is 1. The van der Waals surface area contributed by atoms with Crippen LogP contribution in [0.15, 0.2) is 24.8 Å². The van der Waals surface area contributed by atoms with Crippen molar-refractivity contribution in [3.05, 3.63) is 35.9 Å². The molecule has 1 aliphatic rings. The van der Waals surface area contributed by atoms with Crippen LogP contribution in [0.3, 0.4) is 0 Å². The quantitative estimate of drug-likeness (QED) is 0.792. The van der Waals surface area contributed by atoms with Gasteiger partial charge in [-0.2, -0.15) is 0 Å². The number of amides is 1. The van der Waals surface area contributed by atoms with Crippen molar-refractivity contribution in [3.63, 3.8) is 0 Å². The first-order valence-electron chi connectivity index (χ1n) is 8.88. The molecule has 1 aliphatic heterocycles. The zero-order chi connectivity index (χ0) is 16.8. The lowest BCUT2D eigenvalue weighted by Gasteiger charge is -2.33. The highest BCUT2D eigenvalue weighted by atomic mass is 16.1. The molecule has 126 valence electrons. The minimum Gasteiger partial charge on any atom is -0.371 e. The van der Waals surface area contributed by atoms with Crippen LogP contribution in [-0.2, 0) is 11.2 Å². The van der Waals surface area contributed by atoms with Gasteiger partial charge in [0.05, 0.1) is 0 Å². The molecule has 1 N–H and O–H groups in total. The van der Waals surface area contributed by atoms with E-state index in [1.165, 1.54) is 24.0 Å². The SMILES string of the molecule is C=C1c2ccc(NC(=O)CCC(C)C)cc2CCN1CCCC. The van der Waals surface area contributed by atoms with Gasteiger partial charge in [-0.3, -0.25) is 4.79 Å². The molecule has 1 amide bonds. The predicted octanol–water partition coefficient (Wildman–Crippen LogP) is 4.69. The van der Waals surface area contributed by atoms with Gasteiger partial charge in [0, 0.05) is 36.5 Å². The first kappa shape index (κ1) is 17.6. The fraction of sp³-hybridized carbons (Fsp3) is 0.550. The number of hydrogen-bond acceptors (Lipinski definition) is 2. The van der Waals surface area contributed by atoms with E-state index in [1.54, 1.807) is 0 Å². The topological polar surface area (TPSA) is 32.3 Å². The third kappa shape index (κ3) is 4.85. The molecule has 0 aromatic heterocycles. The van der Waals surface area contributed by atoms with E-state index in [2.05, 4.69) is 49.7 Å². The van der Waals surface area contributed by atoms with Gasteiger partial charge in [0.1, 0.15) is 0 Å². The van der Waals surface area contributed by atoms with E-state index in [1.807, 2.05) is 6.07 Å². The van der Waals surface area contributed by atoms with Crippen molar-refractivity contribution in [2.75, 3.05) is 18.4 Å². The van der Waals surface area contributed by atoms with Gasteiger partial charge in [0.15, 0.2) is 0 Å². The summed E-state index contributed by atoms with van der Waals surface area (Å²) in [6.45, 7) is 12.9. The molecular formula is C20H30N2O. The van der Waals surface area contributed by atoms with Gasteiger partial charge in [-0.25, -0.2) is 0 Å². The summed E-state index contributed by atoms with van der Waals surface area (Å²) >= 11 is 0. The molecule has 0 saturated heterocycles. The van der Waals surface area contributed by atoms with Crippen molar-refractivity contribution in [2.45, 2.75) is 52.9 Å². The molecule has 0 atom stereocenters. The highest BCUT2D eigenvalue weighted by Gasteiger charge is 2.19. The molecule has 2 rings (SSSR count). The lowest BCUT2D eigenvalue weighted by atomic mass is 9.96. The average molecular weight is 314 g/mol. The van der Waals surface area contributed by atoms with Crippen molar-refractivity contribution in [2.24, 2.45) is 5.92 Å². The molecule has 0 unspecified atom stereocenters. The minimum absolute atomic E-state index is 0.109. The minimum atomic E-state index is 0.109. The summed E-state index contributed by atoms with van der Waals surface area (Å²) in [4.78, 5) is 14.4. The van der Waals surface area contributed by atoms with Crippen molar-refractivity contribution in [1.29, 1.82) is 0 Å². The molecule has 0 fully saturated rings. The highest BCUT2D eigenvalue weighted by Crippen LogP contribution is 2.29. The fourth-order valence-electron chi connectivity index (χ4n) is 2.96. The van der Waals surface area contributed by atoms with E-state index in [0.29, 0.717) is 12.3 Å². The number of benzene rings is 1. The van der Waals surface area contributed by atoms with Crippen LogP contribution in [0.4, 0.5) is 5.69 Å². The number of unbranched alkanes of at least 4 members (excludes halogenated alkanes) is 1. The second-order valence-corrected chi connectivity index (χ2v) is 6.89. The Labute approximate surface area is 140 Å². The van der Waals surface area contributed by atoms with Gasteiger partial charge in [-0.1, -0.05) is 39.8 Å². The van der Waals surface area contributed by atoms with Gasteiger partial charge in [0.25, 0.3) is 0 Å². The van der Waals surface area contributed by atoms with Crippen LogP contribution in [-0.4, -0.2) is 23.9 Å². The van der Waals surface area contributed by atoms with Gasteiger partial charge in [0.2, 0.25) is 5.91 Å². The Morgan fingerprint density at radius 3 is 2.87 bits per heavy atom. The summed E-state index contributed by atoms with van der Waals surface area (Å²) in [7, 11) is 0. The lowest BCUT2D eigenvalue weighted by Crippen LogP contribution is -2.30. The van der Waals surface area contributed by atoms with Crippen molar-refractivity contribution < 1.29 is 4.79 Å². The van der Waals surface area contributed by atoms with Gasteiger partial charge < -0.3 is 10.2 Å². The number of rotatable bonds is 7. The van der Waals surface area contributed by atoms with Gasteiger partial charge in [-0.15, -0.1) is 0 Å². The molecule has 0 aliphatic carbocycles. The summed E-state index contributed by atoms with van der Waals surface area (Å²) in [6.07, 6.45) is 4.95. The molecule has 0 radical (unpaired) electrons. The monoisotopic (exact) mass is 314 g/mol. The summed E-state index contributed by atoms with van der Waals surface area (Å²) in [5.41, 5.74) is 4.56. The zero-order valence-corrected chi connectivity index (χ0v) is 14.8. The van der Waals surface area contributed by atoms with Crippen LogP contribution in [0.1, 0.15) is 57.6 Å². The number of fused-ring (bicyclic) bond motifs is 1. The summed E-state index contributed by atoms with van der Waals surface area (Å²) in [5, 5.41) is 3.03. The Balaban J connectivity index is 2.01. The van der Waals surface area contributed by atoms with Gasteiger partial charge >= 0.3 is 0 Å². The second kappa shape index (κ2) is 8.19. The molecule has 1 aromatic rings. The Bertz CT molecular complexity index is 563. The largest absolute Gasteiger partial charge is 0.371 e. The molecule has 0 bridgehead atoms. The lowest BCUT2D eigenvalue weighted by molar-refractivity contribution is -0.116. The number of nitrogens with zero attached hydrogens (tertiary/aromatic N) is 1. The van der Waals surface area contributed by atoms with Crippen LogP contribution in [0.5, 0.6) is 0 Å². The Kier molecular flexibility index (Phi) is 6.26. The zero-order valence-electron chi connectivity index (χ0n) is 14.8. The van der Waals surface area contributed by atoms with E-state index in [9.17, 15) is 4.79 Å². The summed E-state index contributed by atoms with van der Waals surface area (Å²) < 4.78 is 0. The molecular weight excluding hydrogens is 284 g/mol. The van der Waals surface area contributed by atoms with E-state index in [0.717, 1.165) is 37.3 Å². The van der Waals surface area contributed by atoms with E-state index >= 15 is 0 Å². The Morgan fingerprint density at radius 2 is 2.17 bits per heavy atom. The maximum absolute atomic E-state index is 12.0.